The summed E-state index contributed by atoms with van der Waals surface area (Å²) < 4.78 is 0. The average Bonchev–Trinajstić information content (AvgIpc) is 2.75. The zero-order valence-electron chi connectivity index (χ0n) is 10.2. The normalized spacial score (nSPS) is 18.6. The quantitative estimate of drug-likeness (QED) is 0.850. The summed E-state index contributed by atoms with van der Waals surface area (Å²) in [7, 11) is 0. The number of halogens is 1. The van der Waals surface area contributed by atoms with Gasteiger partial charge in [0.2, 0.25) is 5.91 Å². The van der Waals surface area contributed by atoms with E-state index < -0.39 is 0 Å². The van der Waals surface area contributed by atoms with Crippen LogP contribution in [0.15, 0.2) is 18.2 Å². The monoisotopic (exact) mass is 254 g/mol. The molecule has 0 aliphatic carbocycles. The van der Waals surface area contributed by atoms with E-state index in [0.29, 0.717) is 0 Å². The lowest BCUT2D eigenvalue weighted by Crippen LogP contribution is -2.24. The number of carbonyl (C=O) groups is 1. The lowest BCUT2D eigenvalue weighted by atomic mass is 10.1. The van der Waals surface area contributed by atoms with E-state index in [9.17, 15) is 4.79 Å². The van der Waals surface area contributed by atoms with Gasteiger partial charge in [-0.05, 0) is 38.4 Å². The van der Waals surface area contributed by atoms with Crippen LogP contribution in [0.3, 0.4) is 0 Å². The summed E-state index contributed by atoms with van der Waals surface area (Å²) in [5, 5.41) is 6.20. The van der Waals surface area contributed by atoms with Crippen molar-refractivity contribution in [1.82, 2.24) is 5.32 Å². The third-order valence-corrected chi connectivity index (χ3v) is 3.07. The van der Waals surface area contributed by atoms with Crippen LogP contribution in [0.4, 0.5) is 5.69 Å². The fourth-order valence-corrected chi connectivity index (χ4v) is 2.07. The van der Waals surface area contributed by atoms with Crippen molar-refractivity contribution >= 4 is 24.0 Å². The summed E-state index contributed by atoms with van der Waals surface area (Å²) in [5.41, 5.74) is 3.28. The van der Waals surface area contributed by atoms with Crippen LogP contribution in [0.2, 0.25) is 0 Å². The first-order chi connectivity index (χ1) is 7.66. The van der Waals surface area contributed by atoms with Crippen molar-refractivity contribution in [3.05, 3.63) is 29.3 Å². The molecule has 3 nitrogen and oxygen atoms in total. The van der Waals surface area contributed by atoms with Gasteiger partial charge in [0.1, 0.15) is 0 Å². The Hall–Kier alpha value is -1.06. The molecule has 1 saturated heterocycles. The number of aryl methyl sites for hydroxylation is 2. The van der Waals surface area contributed by atoms with Crippen molar-refractivity contribution in [2.24, 2.45) is 5.92 Å². The Bertz CT molecular complexity index is 400. The molecule has 0 radical (unpaired) electrons. The third kappa shape index (κ3) is 3.45. The number of rotatable bonds is 2. The molecule has 2 rings (SSSR count). The third-order valence-electron chi connectivity index (χ3n) is 3.07. The minimum atomic E-state index is 0. The van der Waals surface area contributed by atoms with Crippen LogP contribution < -0.4 is 10.6 Å². The van der Waals surface area contributed by atoms with Crippen molar-refractivity contribution in [3.8, 4) is 0 Å². The van der Waals surface area contributed by atoms with Gasteiger partial charge >= 0.3 is 0 Å². The standard InChI is InChI=1S/C13H18N2O.ClH/c1-9-3-4-12(10(2)7-9)15-13(16)11-5-6-14-8-11;/h3-4,7,11,14H,5-6,8H2,1-2H3,(H,15,16);1H. The number of benzene rings is 1. The maximum Gasteiger partial charge on any atom is 0.228 e. The van der Waals surface area contributed by atoms with Crippen molar-refractivity contribution in [2.75, 3.05) is 18.4 Å². The van der Waals surface area contributed by atoms with Crippen LogP contribution in [0, 0.1) is 19.8 Å². The SMILES string of the molecule is Cc1ccc(NC(=O)C2CCNC2)c(C)c1.Cl. The Kier molecular flexibility index (Phi) is 4.97. The van der Waals surface area contributed by atoms with Gasteiger partial charge in [0.15, 0.2) is 0 Å². The molecule has 0 bridgehead atoms. The number of hydrogen-bond acceptors (Lipinski definition) is 2. The van der Waals surface area contributed by atoms with Crippen LogP contribution in [0.25, 0.3) is 0 Å². The van der Waals surface area contributed by atoms with Crippen LogP contribution in [-0.2, 0) is 4.79 Å². The molecule has 1 fully saturated rings. The Morgan fingerprint density at radius 1 is 1.41 bits per heavy atom. The van der Waals surface area contributed by atoms with E-state index in [4.69, 9.17) is 0 Å². The number of amides is 1. The van der Waals surface area contributed by atoms with E-state index in [1.807, 2.05) is 19.1 Å². The van der Waals surface area contributed by atoms with E-state index in [2.05, 4.69) is 23.6 Å². The van der Waals surface area contributed by atoms with Crippen molar-refractivity contribution < 1.29 is 4.79 Å². The molecule has 1 aliphatic heterocycles. The number of nitrogens with one attached hydrogen (secondary N) is 2. The molecule has 1 aromatic carbocycles. The second-order valence-corrected chi connectivity index (χ2v) is 4.50. The van der Waals surface area contributed by atoms with E-state index in [1.54, 1.807) is 0 Å². The molecule has 1 unspecified atom stereocenters. The van der Waals surface area contributed by atoms with Gasteiger partial charge in [-0.1, -0.05) is 17.7 Å². The summed E-state index contributed by atoms with van der Waals surface area (Å²) in [6.45, 7) is 5.83. The van der Waals surface area contributed by atoms with Gasteiger partial charge in [-0.15, -0.1) is 12.4 Å². The molecule has 4 heteroatoms. The minimum Gasteiger partial charge on any atom is -0.326 e. The fraction of sp³-hybridized carbons (Fsp3) is 0.462. The lowest BCUT2D eigenvalue weighted by molar-refractivity contribution is -0.119. The van der Waals surface area contributed by atoms with Crippen LogP contribution >= 0.6 is 12.4 Å². The molecular weight excluding hydrogens is 236 g/mol. The Morgan fingerprint density at radius 2 is 2.18 bits per heavy atom. The molecule has 1 amide bonds. The summed E-state index contributed by atoms with van der Waals surface area (Å²) in [5.74, 6) is 0.262. The maximum atomic E-state index is 11.9. The number of hydrogen-bond donors (Lipinski definition) is 2. The highest BCUT2D eigenvalue weighted by molar-refractivity contribution is 5.93. The van der Waals surface area contributed by atoms with Crippen molar-refractivity contribution in [2.45, 2.75) is 20.3 Å². The molecule has 17 heavy (non-hydrogen) atoms. The van der Waals surface area contributed by atoms with Crippen molar-refractivity contribution in [3.63, 3.8) is 0 Å². The smallest absolute Gasteiger partial charge is 0.228 e. The van der Waals surface area contributed by atoms with E-state index in [-0.39, 0.29) is 24.2 Å². The first kappa shape index (κ1) is 14.0. The highest BCUT2D eigenvalue weighted by atomic mass is 35.5. The highest BCUT2D eigenvalue weighted by Gasteiger charge is 2.22. The largest absolute Gasteiger partial charge is 0.326 e. The molecule has 2 N–H and O–H groups in total. The molecular formula is C13H19ClN2O. The highest BCUT2D eigenvalue weighted by Crippen LogP contribution is 2.18. The lowest BCUT2D eigenvalue weighted by Gasteiger charge is -2.12. The van der Waals surface area contributed by atoms with Crippen molar-refractivity contribution in [1.29, 1.82) is 0 Å². The zero-order chi connectivity index (χ0) is 11.5. The van der Waals surface area contributed by atoms with Crippen LogP contribution in [-0.4, -0.2) is 19.0 Å². The molecule has 1 aromatic rings. The summed E-state index contributed by atoms with van der Waals surface area (Å²) in [6, 6.07) is 6.09. The second-order valence-electron chi connectivity index (χ2n) is 4.50. The second kappa shape index (κ2) is 6.03. The molecule has 94 valence electrons. The van der Waals surface area contributed by atoms with Gasteiger partial charge in [0.05, 0.1) is 5.92 Å². The Balaban J connectivity index is 0.00000144. The van der Waals surface area contributed by atoms with Gasteiger partial charge in [-0.25, -0.2) is 0 Å². The molecule has 1 heterocycles. The zero-order valence-corrected chi connectivity index (χ0v) is 11.1. The van der Waals surface area contributed by atoms with Gasteiger partial charge in [0, 0.05) is 12.2 Å². The van der Waals surface area contributed by atoms with Crippen LogP contribution in [0.1, 0.15) is 17.5 Å². The summed E-state index contributed by atoms with van der Waals surface area (Å²) in [4.78, 5) is 11.9. The minimum absolute atomic E-state index is 0. The van der Waals surface area contributed by atoms with Gasteiger partial charge in [0.25, 0.3) is 0 Å². The van der Waals surface area contributed by atoms with Crippen LogP contribution in [0.5, 0.6) is 0 Å². The first-order valence-electron chi connectivity index (χ1n) is 5.75. The fourth-order valence-electron chi connectivity index (χ4n) is 2.07. The van der Waals surface area contributed by atoms with Gasteiger partial charge < -0.3 is 10.6 Å². The predicted molar refractivity (Wildman–Crippen MR) is 72.8 cm³/mol. The molecule has 0 saturated carbocycles. The summed E-state index contributed by atoms with van der Waals surface area (Å²) >= 11 is 0. The van der Waals surface area contributed by atoms with E-state index in [1.165, 1.54) is 5.56 Å². The predicted octanol–water partition coefficient (Wildman–Crippen LogP) is 2.27. The Labute approximate surface area is 108 Å². The Morgan fingerprint density at radius 3 is 2.76 bits per heavy atom. The topological polar surface area (TPSA) is 41.1 Å². The maximum absolute atomic E-state index is 11.9. The number of anilines is 1. The summed E-state index contributed by atoms with van der Waals surface area (Å²) in [6.07, 6.45) is 0.941. The molecule has 0 aromatic heterocycles. The van der Waals surface area contributed by atoms with E-state index >= 15 is 0 Å². The van der Waals surface area contributed by atoms with E-state index in [0.717, 1.165) is 30.8 Å². The van der Waals surface area contributed by atoms with Gasteiger partial charge in [-0.3, -0.25) is 4.79 Å². The average molecular weight is 255 g/mol. The molecule has 0 spiro atoms. The molecule has 1 aliphatic rings. The van der Waals surface area contributed by atoms with Gasteiger partial charge in [-0.2, -0.15) is 0 Å². The number of carbonyl (C=O) groups excluding carboxylic acids is 1. The first-order valence-corrected chi connectivity index (χ1v) is 5.75. The molecule has 1 atom stereocenters.